The molecule has 0 aliphatic heterocycles. The molecular weight excluding hydrogens is 706 g/mol. The van der Waals surface area contributed by atoms with Gasteiger partial charge in [-0.05, 0) is 64.0 Å². The molecular formula is C39H53N9O7. The van der Waals surface area contributed by atoms with Gasteiger partial charge in [0.15, 0.2) is 17.4 Å². The zero-order valence-corrected chi connectivity index (χ0v) is 32.5. The third-order valence-electron chi connectivity index (χ3n) is 8.77. The quantitative estimate of drug-likeness (QED) is 0.149. The predicted octanol–water partition coefficient (Wildman–Crippen LogP) is 2.79. The minimum Gasteiger partial charge on any atom is -0.497 e. The van der Waals surface area contributed by atoms with Gasteiger partial charge in [0.05, 0.1) is 34.0 Å². The highest BCUT2D eigenvalue weighted by molar-refractivity contribution is 5.83. The van der Waals surface area contributed by atoms with Crippen LogP contribution in [0.3, 0.4) is 0 Å². The van der Waals surface area contributed by atoms with Crippen LogP contribution in [0.5, 0.6) is 11.5 Å². The molecule has 4 heterocycles. The molecule has 0 fully saturated rings. The van der Waals surface area contributed by atoms with E-state index in [-0.39, 0.29) is 38.1 Å². The molecule has 0 saturated heterocycles. The van der Waals surface area contributed by atoms with Gasteiger partial charge in [-0.25, -0.2) is 19.9 Å². The predicted molar refractivity (Wildman–Crippen MR) is 208 cm³/mol. The second kappa shape index (κ2) is 21.5. The highest BCUT2D eigenvalue weighted by Crippen LogP contribution is 2.32. The average Bonchev–Trinajstić information content (AvgIpc) is 3.90. The smallest absolute Gasteiger partial charge is 0.325 e. The van der Waals surface area contributed by atoms with Crippen LogP contribution in [0.15, 0.2) is 36.7 Å². The van der Waals surface area contributed by atoms with Crippen molar-refractivity contribution >= 4 is 23.4 Å². The maximum Gasteiger partial charge on any atom is 0.325 e. The summed E-state index contributed by atoms with van der Waals surface area (Å²) in [6, 6.07) is 7.19. The first kappa shape index (κ1) is 42.4. The Labute approximate surface area is 322 Å². The van der Waals surface area contributed by atoms with Gasteiger partial charge in [-0.2, -0.15) is 0 Å². The molecule has 6 rings (SSSR count). The third kappa shape index (κ3) is 11.8. The van der Waals surface area contributed by atoms with Crippen molar-refractivity contribution in [3.63, 3.8) is 0 Å². The number of ether oxygens (including phenoxy) is 3. The van der Waals surface area contributed by atoms with E-state index < -0.39 is 0 Å². The van der Waals surface area contributed by atoms with E-state index in [0.29, 0.717) is 60.5 Å². The standard InChI is InChI=1S/C19H24N4O3.C18H22N4O3.C2H7NO/c1-23(12-13(25)5-4-10-24)19-15-6-3-7-16(15)21-18(22-19)17-11-14(26-2)8-9-20-17;1-4-25-16(23)11-22(2)18-13-6-5-7-14(13)20-17(21-18)15-10-12(24-3)8-9-19-15;3-1-2-4/h8-9,11,24H,3-7,10,12H2,1-2H3;8-10H,4-7,11H2,1-3H3;4H,1-3H2. The van der Waals surface area contributed by atoms with Crippen molar-refractivity contribution < 1.29 is 34.0 Å². The van der Waals surface area contributed by atoms with Crippen molar-refractivity contribution in [3.8, 4) is 34.5 Å². The van der Waals surface area contributed by atoms with Gasteiger partial charge in [-0.15, -0.1) is 0 Å². The lowest BCUT2D eigenvalue weighted by Crippen LogP contribution is -2.29. The average molecular weight is 760 g/mol. The minimum atomic E-state index is -0.267. The van der Waals surface area contributed by atoms with Crippen LogP contribution in [0.2, 0.25) is 0 Å². The fourth-order valence-corrected chi connectivity index (χ4v) is 6.18. The van der Waals surface area contributed by atoms with Gasteiger partial charge < -0.3 is 40.0 Å². The van der Waals surface area contributed by atoms with Crippen LogP contribution in [0.1, 0.15) is 55.1 Å². The lowest BCUT2D eigenvalue weighted by atomic mass is 10.2. The normalized spacial score (nSPS) is 12.3. The Morgan fingerprint density at radius 2 is 1.25 bits per heavy atom. The lowest BCUT2D eigenvalue weighted by Gasteiger charge is -2.21. The number of esters is 1. The number of Topliss-reactive ketones (excluding diaryl/α,β-unsaturated/α-hetero) is 1. The fraction of sp³-hybridized carbons (Fsp3) is 0.487. The number of hydrogen-bond acceptors (Lipinski definition) is 16. The van der Waals surface area contributed by atoms with Gasteiger partial charge in [-0.3, -0.25) is 19.6 Å². The summed E-state index contributed by atoms with van der Waals surface area (Å²) in [7, 11) is 6.95. The van der Waals surface area contributed by atoms with Crippen molar-refractivity contribution in [1.82, 2.24) is 29.9 Å². The van der Waals surface area contributed by atoms with Crippen molar-refractivity contribution in [2.45, 2.75) is 58.3 Å². The zero-order valence-electron chi connectivity index (χ0n) is 32.5. The van der Waals surface area contributed by atoms with Gasteiger partial charge in [0.2, 0.25) is 0 Å². The maximum absolute atomic E-state index is 12.1. The Kier molecular flexibility index (Phi) is 16.6. The Morgan fingerprint density at radius 1 is 0.764 bits per heavy atom. The Bertz CT molecular complexity index is 1880. The third-order valence-corrected chi connectivity index (χ3v) is 8.77. The Morgan fingerprint density at radius 3 is 1.69 bits per heavy atom. The topological polar surface area (TPSA) is 212 Å². The van der Waals surface area contributed by atoms with Gasteiger partial charge in [0, 0.05) is 80.7 Å². The molecule has 0 spiro atoms. The summed E-state index contributed by atoms with van der Waals surface area (Å²) in [6.07, 6.45) is 9.96. The SMILES string of the molecule is CCOC(=O)CN(C)c1nc(-c2cc(OC)ccn2)nc2c1CCC2.COc1ccnc(-c2nc3c(c(N(C)CC(=O)CCCO)n2)CCC3)c1.NCCO. The molecule has 0 amide bonds. The number of carbonyl (C=O) groups is 2. The van der Waals surface area contributed by atoms with Crippen LogP contribution in [-0.2, 0) is 40.0 Å². The zero-order chi connectivity index (χ0) is 39.7. The van der Waals surface area contributed by atoms with Gasteiger partial charge >= 0.3 is 5.97 Å². The largest absolute Gasteiger partial charge is 0.497 e. The number of hydrogen-bond donors (Lipinski definition) is 3. The number of aromatic nitrogens is 6. The van der Waals surface area contributed by atoms with E-state index in [0.717, 1.165) is 72.7 Å². The van der Waals surface area contributed by atoms with Crippen LogP contribution in [0.4, 0.5) is 11.6 Å². The first-order valence-electron chi connectivity index (χ1n) is 18.5. The van der Waals surface area contributed by atoms with Gasteiger partial charge in [0.1, 0.15) is 41.1 Å². The summed E-state index contributed by atoms with van der Waals surface area (Å²) >= 11 is 0. The Balaban J connectivity index is 0.000000223. The number of carbonyl (C=O) groups excluding carboxylic acids is 2. The van der Waals surface area contributed by atoms with E-state index in [1.165, 1.54) is 0 Å². The molecule has 0 aromatic carbocycles. The number of ketones is 1. The molecule has 296 valence electrons. The van der Waals surface area contributed by atoms with E-state index in [9.17, 15) is 9.59 Å². The molecule has 2 aliphatic carbocycles. The number of nitrogens with zero attached hydrogens (tertiary/aromatic N) is 8. The lowest BCUT2D eigenvalue weighted by molar-refractivity contribution is -0.141. The molecule has 16 nitrogen and oxygen atoms in total. The molecule has 4 aromatic rings. The summed E-state index contributed by atoms with van der Waals surface area (Å²) < 4.78 is 15.6. The van der Waals surface area contributed by atoms with E-state index >= 15 is 0 Å². The number of fused-ring (bicyclic) bond motifs is 2. The summed E-state index contributed by atoms with van der Waals surface area (Å²) in [5, 5.41) is 16.6. The summed E-state index contributed by atoms with van der Waals surface area (Å²) in [6.45, 7) is 3.10. The Hall–Kier alpha value is -5.32. The van der Waals surface area contributed by atoms with E-state index in [4.69, 9.17) is 45.1 Å². The van der Waals surface area contributed by atoms with Crippen molar-refractivity contribution in [3.05, 3.63) is 59.2 Å². The van der Waals surface area contributed by atoms with Crippen molar-refractivity contribution in [1.29, 1.82) is 0 Å². The van der Waals surface area contributed by atoms with Crippen LogP contribution < -0.4 is 25.0 Å². The van der Waals surface area contributed by atoms with Crippen LogP contribution in [-0.4, -0.2) is 120 Å². The summed E-state index contributed by atoms with van der Waals surface area (Å²) in [4.78, 5) is 55.2. The molecule has 55 heavy (non-hydrogen) atoms. The second-order valence-corrected chi connectivity index (χ2v) is 12.9. The fourth-order valence-electron chi connectivity index (χ4n) is 6.18. The van der Waals surface area contributed by atoms with Crippen molar-refractivity contribution in [2.24, 2.45) is 5.73 Å². The van der Waals surface area contributed by atoms with E-state index in [1.807, 2.05) is 36.0 Å². The van der Waals surface area contributed by atoms with Crippen LogP contribution >= 0.6 is 0 Å². The number of rotatable bonds is 15. The molecule has 0 atom stereocenters. The van der Waals surface area contributed by atoms with Gasteiger partial charge in [-0.1, -0.05) is 0 Å². The molecule has 0 saturated carbocycles. The van der Waals surface area contributed by atoms with Crippen LogP contribution in [0.25, 0.3) is 23.0 Å². The molecule has 0 unspecified atom stereocenters. The number of likely N-dealkylation sites (N-methyl/N-ethyl adjacent to an activating group) is 2. The first-order chi connectivity index (χ1) is 26.6. The summed E-state index contributed by atoms with van der Waals surface area (Å²) in [5.41, 5.74) is 10.4. The minimum absolute atomic E-state index is 0.0318. The number of pyridine rings is 2. The number of anilines is 2. The number of aliphatic hydroxyl groups is 2. The number of aryl methyl sites for hydroxylation is 2. The monoisotopic (exact) mass is 759 g/mol. The van der Waals surface area contributed by atoms with E-state index in [2.05, 4.69) is 15.0 Å². The molecule has 0 radical (unpaired) electrons. The molecule has 4 aromatic heterocycles. The number of methoxy groups -OCH3 is 2. The molecule has 0 bridgehead atoms. The first-order valence-corrected chi connectivity index (χ1v) is 18.5. The van der Waals surface area contributed by atoms with Gasteiger partial charge in [0.25, 0.3) is 0 Å². The molecule has 4 N–H and O–H groups in total. The highest BCUT2D eigenvalue weighted by atomic mass is 16.5. The number of aliphatic hydroxyl groups excluding tert-OH is 2. The van der Waals surface area contributed by atoms with Crippen molar-refractivity contribution in [2.75, 3.05) is 77.6 Å². The highest BCUT2D eigenvalue weighted by Gasteiger charge is 2.25. The van der Waals surface area contributed by atoms with Crippen LogP contribution in [0, 0.1) is 0 Å². The molecule has 16 heteroatoms. The second-order valence-electron chi connectivity index (χ2n) is 12.9. The number of nitrogens with two attached hydrogens (primary N) is 1. The summed E-state index contributed by atoms with van der Waals surface area (Å²) in [5.74, 6) is 3.90. The van der Waals surface area contributed by atoms with E-state index in [1.54, 1.807) is 45.7 Å². The molecule has 2 aliphatic rings. The maximum atomic E-state index is 12.1.